The van der Waals surface area contributed by atoms with Crippen molar-refractivity contribution in [3.05, 3.63) is 60.0 Å². The minimum absolute atomic E-state index is 0.202. The molecule has 0 bridgehead atoms. The highest BCUT2D eigenvalue weighted by molar-refractivity contribution is 5.94. The van der Waals surface area contributed by atoms with E-state index in [-0.39, 0.29) is 5.56 Å². The van der Waals surface area contributed by atoms with Gasteiger partial charge in [0.1, 0.15) is 17.0 Å². The predicted octanol–water partition coefficient (Wildman–Crippen LogP) is 3.21. The summed E-state index contributed by atoms with van der Waals surface area (Å²) in [5.74, 6) is 1.09. The van der Waals surface area contributed by atoms with Gasteiger partial charge in [-0.2, -0.15) is 0 Å². The summed E-state index contributed by atoms with van der Waals surface area (Å²) >= 11 is 0. The zero-order chi connectivity index (χ0) is 19.7. The fourth-order valence-corrected chi connectivity index (χ4v) is 3.09. The van der Waals surface area contributed by atoms with Crippen molar-refractivity contribution < 1.29 is 19.4 Å². The number of aromatic carboxylic acids is 1. The average Bonchev–Trinajstić information content (AvgIpc) is 3.21. The summed E-state index contributed by atoms with van der Waals surface area (Å²) in [6, 6.07) is 10.4. The number of carbonyl (C=O) groups is 1. The van der Waals surface area contributed by atoms with Crippen LogP contribution in [0.5, 0.6) is 11.5 Å². The summed E-state index contributed by atoms with van der Waals surface area (Å²) in [7, 11) is 3.22. The van der Waals surface area contributed by atoms with Gasteiger partial charge in [-0.25, -0.2) is 14.8 Å². The molecule has 8 heteroatoms. The monoisotopic (exact) mass is 378 g/mol. The second-order valence-corrected chi connectivity index (χ2v) is 6.15. The molecule has 142 valence electrons. The summed E-state index contributed by atoms with van der Waals surface area (Å²) in [5, 5.41) is 12.6. The molecule has 0 saturated carbocycles. The van der Waals surface area contributed by atoms with Crippen LogP contribution in [-0.4, -0.2) is 39.7 Å². The Bertz CT molecular complexity index is 1190. The molecule has 4 rings (SSSR count). The minimum Gasteiger partial charge on any atom is -0.497 e. The highest BCUT2D eigenvalue weighted by Gasteiger charge is 2.12. The Morgan fingerprint density at radius 1 is 1.14 bits per heavy atom. The zero-order valence-corrected chi connectivity index (χ0v) is 15.3. The number of nitrogens with one attached hydrogen (secondary N) is 1. The van der Waals surface area contributed by atoms with Crippen LogP contribution in [0.3, 0.4) is 0 Å². The summed E-state index contributed by atoms with van der Waals surface area (Å²) in [6.45, 7) is 0.486. The molecular weight excluding hydrogens is 360 g/mol. The van der Waals surface area contributed by atoms with E-state index in [2.05, 4.69) is 15.3 Å². The molecule has 0 aliphatic rings. The molecule has 0 amide bonds. The number of hydrogen-bond donors (Lipinski definition) is 2. The normalized spacial score (nSPS) is 10.9. The third-order valence-corrected chi connectivity index (χ3v) is 4.54. The molecule has 0 atom stereocenters. The van der Waals surface area contributed by atoms with Crippen molar-refractivity contribution in [2.75, 3.05) is 19.5 Å². The van der Waals surface area contributed by atoms with E-state index in [1.165, 1.54) is 6.07 Å². The second kappa shape index (κ2) is 7.07. The number of carboxylic acids is 1. The van der Waals surface area contributed by atoms with E-state index in [1.54, 1.807) is 38.9 Å². The molecule has 8 nitrogen and oxygen atoms in total. The predicted molar refractivity (Wildman–Crippen MR) is 104 cm³/mol. The first-order chi connectivity index (χ1) is 13.6. The van der Waals surface area contributed by atoms with Crippen LogP contribution in [-0.2, 0) is 6.54 Å². The zero-order valence-electron chi connectivity index (χ0n) is 15.3. The number of aromatic nitrogens is 3. The first-order valence-electron chi connectivity index (χ1n) is 8.54. The third-order valence-electron chi connectivity index (χ3n) is 4.54. The van der Waals surface area contributed by atoms with E-state index in [9.17, 15) is 9.90 Å². The van der Waals surface area contributed by atoms with Gasteiger partial charge in [-0.3, -0.25) is 4.40 Å². The highest BCUT2D eigenvalue weighted by Crippen LogP contribution is 2.27. The van der Waals surface area contributed by atoms with Gasteiger partial charge >= 0.3 is 5.97 Å². The standard InChI is InChI=1S/C20H18N4O4/c1-27-14-5-3-13(18(8-14)28-2)9-22-19-17-10-21-11-24(17)16-7-12(20(25)26)4-6-15(16)23-19/h3-8,10-11H,9H2,1-2H3,(H,22,23)(H,25,26). The van der Waals surface area contributed by atoms with Crippen molar-refractivity contribution in [1.29, 1.82) is 0 Å². The molecule has 0 aliphatic carbocycles. The van der Waals surface area contributed by atoms with Crippen molar-refractivity contribution in [3.8, 4) is 11.5 Å². The van der Waals surface area contributed by atoms with E-state index in [4.69, 9.17) is 9.47 Å². The van der Waals surface area contributed by atoms with E-state index in [0.717, 1.165) is 16.8 Å². The Balaban J connectivity index is 1.72. The van der Waals surface area contributed by atoms with Gasteiger partial charge in [-0.05, 0) is 30.3 Å². The number of methoxy groups -OCH3 is 2. The number of rotatable bonds is 6. The van der Waals surface area contributed by atoms with Crippen LogP contribution in [0, 0.1) is 0 Å². The van der Waals surface area contributed by atoms with Crippen LogP contribution in [0.25, 0.3) is 16.6 Å². The van der Waals surface area contributed by atoms with E-state index in [0.29, 0.717) is 29.1 Å². The lowest BCUT2D eigenvalue weighted by molar-refractivity contribution is 0.0697. The molecule has 0 fully saturated rings. The van der Waals surface area contributed by atoms with Gasteiger partial charge in [0.25, 0.3) is 0 Å². The van der Waals surface area contributed by atoms with Crippen LogP contribution in [0.1, 0.15) is 15.9 Å². The van der Waals surface area contributed by atoms with Crippen LogP contribution in [0.2, 0.25) is 0 Å². The Kier molecular flexibility index (Phi) is 4.44. The molecule has 2 heterocycles. The number of fused-ring (bicyclic) bond motifs is 3. The van der Waals surface area contributed by atoms with Crippen LogP contribution >= 0.6 is 0 Å². The van der Waals surface area contributed by atoms with Crippen molar-refractivity contribution >= 4 is 28.3 Å². The summed E-state index contributed by atoms with van der Waals surface area (Å²) < 4.78 is 12.5. The maximum atomic E-state index is 11.3. The second-order valence-electron chi connectivity index (χ2n) is 6.15. The Hall–Kier alpha value is -3.81. The van der Waals surface area contributed by atoms with Crippen LogP contribution in [0.4, 0.5) is 5.82 Å². The molecule has 0 unspecified atom stereocenters. The van der Waals surface area contributed by atoms with Crippen molar-refractivity contribution in [2.24, 2.45) is 0 Å². The number of carboxylic acid groups (broad SMARTS) is 1. The molecule has 0 aliphatic heterocycles. The molecule has 0 spiro atoms. The first-order valence-corrected chi connectivity index (χ1v) is 8.54. The van der Waals surface area contributed by atoms with E-state index in [1.807, 2.05) is 22.6 Å². The quantitative estimate of drug-likeness (QED) is 0.532. The number of benzene rings is 2. The average molecular weight is 378 g/mol. The van der Waals surface area contributed by atoms with Crippen LogP contribution in [0.15, 0.2) is 48.9 Å². The van der Waals surface area contributed by atoms with Gasteiger partial charge in [0.15, 0.2) is 5.82 Å². The van der Waals surface area contributed by atoms with Crippen molar-refractivity contribution in [2.45, 2.75) is 6.54 Å². The fraction of sp³-hybridized carbons (Fsp3) is 0.150. The number of nitrogens with zero attached hydrogens (tertiary/aromatic N) is 3. The molecule has 2 aromatic heterocycles. The molecular formula is C20H18N4O4. The summed E-state index contributed by atoms with van der Waals surface area (Å²) in [5.41, 5.74) is 3.25. The number of hydrogen-bond acceptors (Lipinski definition) is 6. The number of ether oxygens (including phenoxy) is 2. The fourth-order valence-electron chi connectivity index (χ4n) is 3.09. The minimum atomic E-state index is -0.982. The van der Waals surface area contributed by atoms with Gasteiger partial charge in [0, 0.05) is 18.2 Å². The number of anilines is 1. The van der Waals surface area contributed by atoms with E-state index >= 15 is 0 Å². The molecule has 2 N–H and O–H groups in total. The smallest absolute Gasteiger partial charge is 0.335 e. The Morgan fingerprint density at radius 2 is 2.00 bits per heavy atom. The summed E-state index contributed by atoms with van der Waals surface area (Å²) in [6.07, 6.45) is 3.33. The largest absolute Gasteiger partial charge is 0.497 e. The molecule has 0 saturated heterocycles. The highest BCUT2D eigenvalue weighted by atomic mass is 16.5. The van der Waals surface area contributed by atoms with Gasteiger partial charge < -0.3 is 19.9 Å². The van der Waals surface area contributed by atoms with Gasteiger partial charge in [-0.15, -0.1) is 0 Å². The molecule has 0 radical (unpaired) electrons. The lowest BCUT2D eigenvalue weighted by atomic mass is 10.2. The topological polar surface area (TPSA) is 98.0 Å². The van der Waals surface area contributed by atoms with Gasteiger partial charge in [-0.1, -0.05) is 0 Å². The first kappa shape index (κ1) is 17.6. The van der Waals surface area contributed by atoms with Gasteiger partial charge in [0.2, 0.25) is 0 Å². The SMILES string of the molecule is COc1ccc(CNc2nc3ccc(C(=O)O)cc3n3cncc23)c(OC)c1. The summed E-state index contributed by atoms with van der Waals surface area (Å²) in [4.78, 5) is 20.1. The Morgan fingerprint density at radius 3 is 2.75 bits per heavy atom. The van der Waals surface area contributed by atoms with Crippen molar-refractivity contribution in [1.82, 2.24) is 14.4 Å². The lowest BCUT2D eigenvalue weighted by Gasteiger charge is -2.13. The molecule has 2 aromatic carbocycles. The molecule has 28 heavy (non-hydrogen) atoms. The third kappa shape index (κ3) is 3.05. The van der Waals surface area contributed by atoms with Gasteiger partial charge in [0.05, 0.1) is 43.3 Å². The Labute approximate surface area is 160 Å². The number of imidazole rings is 1. The van der Waals surface area contributed by atoms with Crippen LogP contribution < -0.4 is 14.8 Å². The lowest BCUT2D eigenvalue weighted by Crippen LogP contribution is -2.06. The molecule has 4 aromatic rings. The maximum absolute atomic E-state index is 11.3. The van der Waals surface area contributed by atoms with E-state index < -0.39 is 5.97 Å². The van der Waals surface area contributed by atoms with Crippen molar-refractivity contribution in [3.63, 3.8) is 0 Å². The maximum Gasteiger partial charge on any atom is 0.335 e.